The number of aryl methyl sites for hydroxylation is 1. The lowest BCUT2D eigenvalue weighted by atomic mass is 9.88. The molecule has 0 radical (unpaired) electrons. The minimum Gasteiger partial charge on any atom is -0.324 e. The Labute approximate surface area is 126 Å². The maximum atomic E-state index is 6.28. The summed E-state index contributed by atoms with van der Waals surface area (Å²) in [6.45, 7) is 0. The minimum absolute atomic E-state index is 0.189. The Morgan fingerprint density at radius 1 is 0.905 bits per heavy atom. The second kappa shape index (κ2) is 5.28. The first kappa shape index (κ1) is 13.1. The highest BCUT2D eigenvalue weighted by Gasteiger charge is 2.30. The molecule has 108 valence electrons. The van der Waals surface area contributed by atoms with E-state index >= 15 is 0 Å². The molecule has 2 aliphatic carbocycles. The van der Waals surface area contributed by atoms with Gasteiger partial charge in [-0.3, -0.25) is 0 Å². The first-order valence-corrected chi connectivity index (χ1v) is 7.98. The molecule has 4 rings (SSSR count). The lowest BCUT2D eigenvalue weighted by Gasteiger charge is -2.28. The highest BCUT2D eigenvalue weighted by molar-refractivity contribution is 5.38. The van der Waals surface area contributed by atoms with Gasteiger partial charge in [0.05, 0.1) is 0 Å². The summed E-state index contributed by atoms with van der Waals surface area (Å²) in [4.78, 5) is 0. The maximum Gasteiger partial charge on any atom is 0.0344 e. The van der Waals surface area contributed by atoms with Crippen LogP contribution in [0, 0.1) is 0 Å². The lowest BCUT2D eigenvalue weighted by molar-refractivity contribution is 0.387. The van der Waals surface area contributed by atoms with Crippen LogP contribution >= 0.6 is 0 Å². The molecule has 2 aromatic rings. The molecule has 0 amide bonds. The topological polar surface area (TPSA) is 38.0 Å². The summed E-state index contributed by atoms with van der Waals surface area (Å²) in [5.41, 5.74) is 12.0. The maximum absolute atomic E-state index is 6.28. The molecule has 3 unspecified atom stereocenters. The zero-order valence-electron chi connectivity index (χ0n) is 12.3. The first-order valence-electron chi connectivity index (χ1n) is 7.98. The van der Waals surface area contributed by atoms with Gasteiger partial charge in [-0.2, -0.15) is 0 Å². The van der Waals surface area contributed by atoms with Gasteiger partial charge in [0.25, 0.3) is 0 Å². The van der Waals surface area contributed by atoms with Crippen molar-refractivity contribution in [1.29, 1.82) is 0 Å². The second-order valence-corrected chi connectivity index (χ2v) is 6.40. The van der Waals surface area contributed by atoms with Crippen molar-refractivity contribution in [2.45, 2.75) is 43.8 Å². The van der Waals surface area contributed by atoms with E-state index in [4.69, 9.17) is 5.73 Å². The fourth-order valence-electron chi connectivity index (χ4n) is 3.96. The standard InChI is InChI=1S/C19H22N2/c20-18-12-19(17-8-4-3-7-16(17)18)21-15-10-9-13-5-1-2-6-14(13)11-15/h1-8,15,18-19,21H,9-12,20H2. The molecule has 2 nitrogen and oxygen atoms in total. The third-order valence-corrected chi connectivity index (χ3v) is 5.04. The van der Waals surface area contributed by atoms with Crippen LogP contribution in [0.15, 0.2) is 48.5 Å². The zero-order valence-corrected chi connectivity index (χ0v) is 12.3. The fourth-order valence-corrected chi connectivity index (χ4v) is 3.96. The predicted molar refractivity (Wildman–Crippen MR) is 86.1 cm³/mol. The SMILES string of the molecule is NC1CC(NC2CCc3ccccc3C2)c2ccccc21. The third-order valence-electron chi connectivity index (χ3n) is 5.04. The largest absolute Gasteiger partial charge is 0.324 e. The van der Waals surface area contributed by atoms with Crippen molar-refractivity contribution >= 4 is 0 Å². The van der Waals surface area contributed by atoms with Gasteiger partial charge in [0, 0.05) is 18.1 Å². The van der Waals surface area contributed by atoms with Crippen LogP contribution in [0.25, 0.3) is 0 Å². The molecule has 0 saturated heterocycles. The van der Waals surface area contributed by atoms with Gasteiger partial charge in [-0.05, 0) is 47.9 Å². The summed E-state index contributed by atoms with van der Waals surface area (Å²) in [6.07, 6.45) is 4.58. The summed E-state index contributed by atoms with van der Waals surface area (Å²) in [6, 6.07) is 18.7. The molecule has 2 aliphatic rings. The Kier molecular flexibility index (Phi) is 3.28. The highest BCUT2D eigenvalue weighted by Crippen LogP contribution is 2.38. The summed E-state index contributed by atoms with van der Waals surface area (Å²) < 4.78 is 0. The van der Waals surface area contributed by atoms with E-state index in [2.05, 4.69) is 53.8 Å². The quantitative estimate of drug-likeness (QED) is 0.884. The number of rotatable bonds is 2. The third kappa shape index (κ3) is 2.39. The smallest absolute Gasteiger partial charge is 0.0344 e. The van der Waals surface area contributed by atoms with Crippen molar-refractivity contribution < 1.29 is 0 Å². The molecule has 3 N–H and O–H groups in total. The van der Waals surface area contributed by atoms with Gasteiger partial charge in [0.1, 0.15) is 0 Å². The monoisotopic (exact) mass is 278 g/mol. The molecule has 0 aromatic heterocycles. The Bertz CT molecular complexity index is 650. The van der Waals surface area contributed by atoms with Crippen LogP contribution in [0.4, 0.5) is 0 Å². The summed E-state index contributed by atoms with van der Waals surface area (Å²) in [5.74, 6) is 0. The Morgan fingerprint density at radius 3 is 2.48 bits per heavy atom. The highest BCUT2D eigenvalue weighted by atomic mass is 15.0. The summed E-state index contributed by atoms with van der Waals surface area (Å²) in [5, 5.41) is 3.87. The van der Waals surface area contributed by atoms with Crippen molar-refractivity contribution in [3.8, 4) is 0 Å². The first-order chi connectivity index (χ1) is 10.3. The molecule has 0 saturated carbocycles. The molecular weight excluding hydrogens is 256 g/mol. The predicted octanol–water partition coefficient (Wildman–Crippen LogP) is 3.28. The van der Waals surface area contributed by atoms with E-state index in [1.807, 2.05) is 0 Å². The Balaban J connectivity index is 1.51. The van der Waals surface area contributed by atoms with Crippen molar-refractivity contribution in [2.75, 3.05) is 0 Å². The van der Waals surface area contributed by atoms with E-state index in [9.17, 15) is 0 Å². The van der Waals surface area contributed by atoms with Crippen LogP contribution in [-0.2, 0) is 12.8 Å². The van der Waals surface area contributed by atoms with Crippen LogP contribution in [0.5, 0.6) is 0 Å². The molecule has 21 heavy (non-hydrogen) atoms. The van der Waals surface area contributed by atoms with Gasteiger partial charge in [-0.25, -0.2) is 0 Å². The van der Waals surface area contributed by atoms with Crippen LogP contribution < -0.4 is 11.1 Å². The number of hydrogen-bond donors (Lipinski definition) is 2. The lowest BCUT2D eigenvalue weighted by Crippen LogP contribution is -2.36. The zero-order chi connectivity index (χ0) is 14.2. The van der Waals surface area contributed by atoms with E-state index in [1.54, 1.807) is 0 Å². The normalized spacial score (nSPS) is 27.2. The van der Waals surface area contributed by atoms with Crippen LogP contribution in [0.1, 0.15) is 47.2 Å². The Hall–Kier alpha value is -1.64. The van der Waals surface area contributed by atoms with Gasteiger partial charge < -0.3 is 11.1 Å². The van der Waals surface area contributed by atoms with E-state index in [0.29, 0.717) is 12.1 Å². The van der Waals surface area contributed by atoms with Crippen molar-refractivity contribution in [1.82, 2.24) is 5.32 Å². The molecule has 3 atom stereocenters. The fraction of sp³-hybridized carbons (Fsp3) is 0.368. The van der Waals surface area contributed by atoms with Gasteiger partial charge in [-0.1, -0.05) is 48.5 Å². The average Bonchev–Trinajstić information content (AvgIpc) is 2.84. The number of benzene rings is 2. The van der Waals surface area contributed by atoms with Gasteiger partial charge in [0.15, 0.2) is 0 Å². The van der Waals surface area contributed by atoms with Crippen LogP contribution in [-0.4, -0.2) is 6.04 Å². The van der Waals surface area contributed by atoms with E-state index in [1.165, 1.54) is 35.1 Å². The van der Waals surface area contributed by atoms with Crippen molar-refractivity contribution in [2.24, 2.45) is 5.73 Å². The number of fused-ring (bicyclic) bond motifs is 2. The molecule has 0 fully saturated rings. The average molecular weight is 278 g/mol. The summed E-state index contributed by atoms with van der Waals surface area (Å²) >= 11 is 0. The van der Waals surface area contributed by atoms with E-state index in [0.717, 1.165) is 12.8 Å². The molecule has 0 heterocycles. The minimum atomic E-state index is 0.189. The van der Waals surface area contributed by atoms with Gasteiger partial charge >= 0.3 is 0 Å². The van der Waals surface area contributed by atoms with E-state index in [-0.39, 0.29) is 6.04 Å². The molecule has 0 aliphatic heterocycles. The number of hydrogen-bond acceptors (Lipinski definition) is 2. The van der Waals surface area contributed by atoms with Crippen LogP contribution in [0.2, 0.25) is 0 Å². The number of nitrogens with one attached hydrogen (secondary N) is 1. The Morgan fingerprint density at radius 2 is 1.62 bits per heavy atom. The second-order valence-electron chi connectivity index (χ2n) is 6.40. The summed E-state index contributed by atoms with van der Waals surface area (Å²) in [7, 11) is 0. The van der Waals surface area contributed by atoms with E-state index < -0.39 is 0 Å². The van der Waals surface area contributed by atoms with Gasteiger partial charge in [0.2, 0.25) is 0 Å². The molecular formula is C19H22N2. The van der Waals surface area contributed by atoms with Crippen molar-refractivity contribution in [3.63, 3.8) is 0 Å². The van der Waals surface area contributed by atoms with Gasteiger partial charge in [-0.15, -0.1) is 0 Å². The van der Waals surface area contributed by atoms with Crippen LogP contribution in [0.3, 0.4) is 0 Å². The van der Waals surface area contributed by atoms with Crippen molar-refractivity contribution in [3.05, 3.63) is 70.8 Å². The molecule has 2 heteroatoms. The molecule has 0 bridgehead atoms. The molecule has 2 aromatic carbocycles. The number of nitrogens with two attached hydrogens (primary N) is 1. The molecule has 0 spiro atoms.